The van der Waals surface area contributed by atoms with Crippen molar-refractivity contribution in [3.8, 4) is 11.1 Å². The van der Waals surface area contributed by atoms with Crippen LogP contribution in [-0.4, -0.2) is 45.7 Å². The Balaban J connectivity index is 0.00000256. The number of pyridine rings is 1. The summed E-state index contributed by atoms with van der Waals surface area (Å²) in [5.74, 6) is 0.793. The summed E-state index contributed by atoms with van der Waals surface area (Å²) in [6.45, 7) is 2.09. The van der Waals surface area contributed by atoms with E-state index in [-0.39, 0.29) is 13.3 Å². The first-order valence-electron chi connectivity index (χ1n) is 10.3. The number of rotatable bonds is 4. The lowest BCUT2D eigenvalue weighted by Gasteiger charge is -2.31. The molecule has 154 valence electrons. The zero-order valence-electron chi connectivity index (χ0n) is 17.6. The van der Waals surface area contributed by atoms with Crippen LogP contribution in [0.2, 0.25) is 0 Å². The van der Waals surface area contributed by atoms with Crippen LogP contribution in [0.25, 0.3) is 21.9 Å². The van der Waals surface area contributed by atoms with Gasteiger partial charge < -0.3 is 10.2 Å². The fourth-order valence-electron chi connectivity index (χ4n) is 4.33. The van der Waals surface area contributed by atoms with E-state index in [4.69, 9.17) is 0 Å². The third kappa shape index (κ3) is 4.17. The zero-order valence-corrected chi connectivity index (χ0v) is 17.6. The Morgan fingerprint density at radius 3 is 2.55 bits per heavy atom. The van der Waals surface area contributed by atoms with Gasteiger partial charge in [0, 0.05) is 43.8 Å². The Morgan fingerprint density at radius 1 is 1.14 bits per heavy atom. The van der Waals surface area contributed by atoms with Crippen LogP contribution in [0.1, 0.15) is 32.7 Å². The molecule has 4 rings (SSSR count). The Kier molecular flexibility index (Phi) is 5.37. The van der Waals surface area contributed by atoms with Crippen molar-refractivity contribution in [2.24, 2.45) is 13.0 Å². The molecule has 6 nitrogen and oxygen atoms in total. The molecule has 0 radical (unpaired) electrons. The quantitative estimate of drug-likeness (QED) is 0.720. The van der Waals surface area contributed by atoms with Crippen molar-refractivity contribution in [1.29, 1.82) is 0 Å². The van der Waals surface area contributed by atoms with Crippen LogP contribution in [-0.2, 0) is 11.8 Å². The highest BCUT2D eigenvalue weighted by molar-refractivity contribution is 5.96. The lowest BCUT2D eigenvalue weighted by atomic mass is 9.85. The summed E-state index contributed by atoms with van der Waals surface area (Å²) in [6, 6.07) is 6.86. The average Bonchev–Trinajstić information content (AvgIpc) is 3.14. The van der Waals surface area contributed by atoms with E-state index in [2.05, 4.69) is 53.5 Å². The van der Waals surface area contributed by atoms with Crippen molar-refractivity contribution in [3.63, 3.8) is 0 Å². The lowest BCUT2D eigenvalue weighted by Crippen LogP contribution is -2.35. The molecular formula is C23H31N5O. The predicted molar refractivity (Wildman–Crippen MR) is 119 cm³/mol. The molecule has 29 heavy (non-hydrogen) atoms. The Labute approximate surface area is 173 Å². The molecule has 1 saturated carbocycles. The largest absolute Gasteiger partial charge is 0.310 e. The van der Waals surface area contributed by atoms with Crippen LogP contribution in [0.15, 0.2) is 36.8 Å². The summed E-state index contributed by atoms with van der Waals surface area (Å²) in [6.07, 6.45) is 9.76. The van der Waals surface area contributed by atoms with Gasteiger partial charge >= 0.3 is 0 Å². The van der Waals surface area contributed by atoms with Gasteiger partial charge in [-0.25, -0.2) is 4.98 Å². The molecule has 0 saturated heterocycles. The molecule has 1 aromatic carbocycles. The van der Waals surface area contributed by atoms with E-state index < -0.39 is 0 Å². The maximum absolute atomic E-state index is 12.8. The molecule has 1 aliphatic rings. The zero-order chi connectivity index (χ0) is 20.5. The third-order valence-corrected chi connectivity index (χ3v) is 6.13. The standard InChI is InChI=1S/C23H29N5O.H2/c1-15-9-17(19-12-25-28(4)14-19)10-18-11-22(24-13-21(15)18)26-23(29)16-5-7-20(8-6-16)27(2)3;/h9-14,16,20H,5-8H2,1-4H3,(H,24,26,29);1H. The van der Waals surface area contributed by atoms with Crippen LogP contribution in [0.3, 0.4) is 0 Å². The molecule has 1 aliphatic carbocycles. The molecule has 3 aromatic rings. The van der Waals surface area contributed by atoms with E-state index in [0.29, 0.717) is 11.9 Å². The molecule has 0 unspecified atom stereocenters. The number of nitrogens with zero attached hydrogens (tertiary/aromatic N) is 4. The summed E-state index contributed by atoms with van der Waals surface area (Å²) in [5, 5.41) is 9.50. The van der Waals surface area contributed by atoms with Gasteiger partial charge in [-0.05, 0) is 75.3 Å². The van der Waals surface area contributed by atoms with E-state index in [9.17, 15) is 4.79 Å². The molecule has 2 heterocycles. The summed E-state index contributed by atoms with van der Waals surface area (Å²) in [4.78, 5) is 19.5. The monoisotopic (exact) mass is 393 g/mol. The van der Waals surface area contributed by atoms with Crippen LogP contribution < -0.4 is 5.32 Å². The van der Waals surface area contributed by atoms with Gasteiger partial charge in [-0.15, -0.1) is 0 Å². The molecule has 0 aliphatic heterocycles. The number of carbonyl (C=O) groups is 1. The number of amides is 1. The molecule has 1 fully saturated rings. The number of aromatic nitrogens is 3. The van der Waals surface area contributed by atoms with E-state index >= 15 is 0 Å². The lowest BCUT2D eigenvalue weighted by molar-refractivity contribution is -0.121. The first-order chi connectivity index (χ1) is 13.9. The normalized spacial score (nSPS) is 19.6. The van der Waals surface area contributed by atoms with Gasteiger partial charge in [-0.1, -0.05) is 6.07 Å². The molecule has 0 atom stereocenters. The van der Waals surface area contributed by atoms with Crippen LogP contribution in [0.4, 0.5) is 5.82 Å². The first kappa shape index (κ1) is 19.6. The summed E-state index contributed by atoms with van der Waals surface area (Å²) >= 11 is 0. The fourth-order valence-corrected chi connectivity index (χ4v) is 4.33. The number of hydrogen-bond donors (Lipinski definition) is 1. The van der Waals surface area contributed by atoms with Gasteiger partial charge in [-0.2, -0.15) is 5.10 Å². The predicted octanol–water partition coefficient (Wildman–Crippen LogP) is 4.25. The van der Waals surface area contributed by atoms with E-state index in [1.54, 1.807) is 4.68 Å². The van der Waals surface area contributed by atoms with Gasteiger partial charge in [-0.3, -0.25) is 9.48 Å². The Morgan fingerprint density at radius 2 is 1.90 bits per heavy atom. The second kappa shape index (κ2) is 7.95. The number of nitrogens with one attached hydrogen (secondary N) is 1. The SMILES string of the molecule is Cc1cc(-c2cnn(C)c2)cc2cc(NC(=O)C3CCC(N(C)C)CC3)ncc12.[HH]. The van der Waals surface area contributed by atoms with E-state index in [0.717, 1.165) is 53.1 Å². The van der Waals surface area contributed by atoms with Crippen molar-refractivity contribution in [3.05, 3.63) is 42.4 Å². The van der Waals surface area contributed by atoms with Gasteiger partial charge in [0.1, 0.15) is 5.82 Å². The molecule has 1 N–H and O–H groups in total. The maximum atomic E-state index is 12.8. The van der Waals surface area contributed by atoms with Crippen molar-refractivity contribution >= 4 is 22.5 Å². The van der Waals surface area contributed by atoms with Crippen LogP contribution in [0, 0.1) is 12.8 Å². The van der Waals surface area contributed by atoms with Crippen molar-refractivity contribution in [1.82, 2.24) is 19.7 Å². The molecular weight excluding hydrogens is 362 g/mol. The molecule has 2 aromatic heterocycles. The number of fused-ring (bicyclic) bond motifs is 1. The van der Waals surface area contributed by atoms with Gasteiger partial charge in [0.15, 0.2) is 0 Å². The van der Waals surface area contributed by atoms with Gasteiger partial charge in [0.05, 0.1) is 6.20 Å². The number of benzene rings is 1. The minimum absolute atomic E-state index is 0. The second-order valence-corrected chi connectivity index (χ2v) is 8.44. The van der Waals surface area contributed by atoms with Crippen LogP contribution >= 0.6 is 0 Å². The smallest absolute Gasteiger partial charge is 0.228 e. The Bertz CT molecular complexity index is 1040. The van der Waals surface area contributed by atoms with Gasteiger partial charge in [0.25, 0.3) is 0 Å². The summed E-state index contributed by atoms with van der Waals surface area (Å²) in [5.41, 5.74) is 3.36. The summed E-state index contributed by atoms with van der Waals surface area (Å²) in [7, 11) is 6.15. The van der Waals surface area contributed by atoms with Crippen molar-refractivity contribution in [2.75, 3.05) is 19.4 Å². The molecule has 6 heteroatoms. The second-order valence-electron chi connectivity index (χ2n) is 8.44. The van der Waals surface area contributed by atoms with Gasteiger partial charge in [0.2, 0.25) is 5.91 Å². The molecule has 1 amide bonds. The minimum Gasteiger partial charge on any atom is -0.310 e. The Hall–Kier alpha value is -2.73. The molecule has 0 spiro atoms. The third-order valence-electron chi connectivity index (χ3n) is 6.13. The highest BCUT2D eigenvalue weighted by atomic mass is 16.1. The summed E-state index contributed by atoms with van der Waals surface area (Å²) < 4.78 is 1.80. The van der Waals surface area contributed by atoms with E-state index in [1.165, 1.54) is 0 Å². The van der Waals surface area contributed by atoms with Crippen LogP contribution in [0.5, 0.6) is 0 Å². The van der Waals surface area contributed by atoms with Crippen molar-refractivity contribution < 1.29 is 6.22 Å². The number of aryl methyl sites for hydroxylation is 2. The first-order valence-corrected chi connectivity index (χ1v) is 10.3. The van der Waals surface area contributed by atoms with Crippen molar-refractivity contribution in [2.45, 2.75) is 38.6 Å². The average molecular weight is 394 g/mol. The fraction of sp³-hybridized carbons (Fsp3) is 0.435. The maximum Gasteiger partial charge on any atom is 0.228 e. The topological polar surface area (TPSA) is 63.1 Å². The number of carbonyl (C=O) groups excluding carboxylic acids is 1. The molecule has 0 bridgehead atoms. The minimum atomic E-state index is 0. The van der Waals surface area contributed by atoms with E-state index in [1.807, 2.05) is 31.7 Å². The number of hydrogen-bond acceptors (Lipinski definition) is 4. The highest BCUT2D eigenvalue weighted by Crippen LogP contribution is 2.30. The highest BCUT2D eigenvalue weighted by Gasteiger charge is 2.27. The number of anilines is 1.